The summed E-state index contributed by atoms with van der Waals surface area (Å²) >= 11 is 0. The number of aromatic hydroxyl groups is 1. The Morgan fingerprint density at radius 3 is 2.89 bits per heavy atom. The number of nitrogens with one attached hydrogen (secondary N) is 1. The fraction of sp³-hybridized carbons (Fsp3) is 0.571. The fourth-order valence-corrected chi connectivity index (χ4v) is 2.40. The summed E-state index contributed by atoms with van der Waals surface area (Å²) in [7, 11) is 0. The van der Waals surface area contributed by atoms with E-state index in [0.29, 0.717) is 12.6 Å². The highest BCUT2D eigenvalue weighted by Crippen LogP contribution is 2.24. The molecule has 0 aromatic heterocycles. The molecule has 0 radical (unpaired) electrons. The molecular weight excluding hydrogens is 233 g/mol. The maximum absolute atomic E-state index is 13.1. The first-order chi connectivity index (χ1) is 8.44. The van der Waals surface area contributed by atoms with Crippen molar-refractivity contribution in [3.05, 3.63) is 29.6 Å². The maximum Gasteiger partial charge on any atom is 0.127 e. The second-order valence-electron chi connectivity index (χ2n) is 5.50. The number of phenolic OH excluding ortho intramolecular Hbond substituents is 1. The van der Waals surface area contributed by atoms with Crippen molar-refractivity contribution in [1.82, 2.24) is 5.32 Å². The van der Waals surface area contributed by atoms with Gasteiger partial charge in [-0.05, 0) is 44.4 Å². The van der Waals surface area contributed by atoms with Crippen LogP contribution < -0.4 is 5.32 Å². The first kappa shape index (κ1) is 13.3. The zero-order chi connectivity index (χ0) is 13.2. The third-order valence-corrected chi connectivity index (χ3v) is 3.23. The lowest BCUT2D eigenvalue weighted by atomic mass is 9.94. The lowest BCUT2D eigenvalue weighted by molar-refractivity contribution is -0.0630. The Bertz CT molecular complexity index is 400. The molecule has 18 heavy (non-hydrogen) atoms. The van der Waals surface area contributed by atoms with Gasteiger partial charge in [0.05, 0.1) is 5.60 Å². The van der Waals surface area contributed by atoms with Crippen LogP contribution in [-0.2, 0) is 11.3 Å². The number of halogens is 1. The molecule has 1 unspecified atom stereocenters. The van der Waals surface area contributed by atoms with Gasteiger partial charge in [-0.15, -0.1) is 0 Å². The lowest BCUT2D eigenvalue weighted by Gasteiger charge is -2.36. The van der Waals surface area contributed by atoms with E-state index in [1.165, 1.54) is 6.07 Å². The zero-order valence-electron chi connectivity index (χ0n) is 10.9. The highest BCUT2D eigenvalue weighted by atomic mass is 19.1. The van der Waals surface area contributed by atoms with Crippen LogP contribution in [-0.4, -0.2) is 23.4 Å². The summed E-state index contributed by atoms with van der Waals surface area (Å²) in [6.45, 7) is 5.47. The molecule has 0 bridgehead atoms. The summed E-state index contributed by atoms with van der Waals surface area (Å²) < 4.78 is 18.8. The monoisotopic (exact) mass is 253 g/mol. The second-order valence-corrected chi connectivity index (χ2v) is 5.50. The third kappa shape index (κ3) is 3.68. The standard InChI is InChI=1S/C14H20FNO2/c1-14(2)8-12(3-4-18-14)16-9-10-5-11(15)7-13(17)6-10/h5-7,12,16-17H,3-4,8-9H2,1-2H3. The second kappa shape index (κ2) is 5.24. The largest absolute Gasteiger partial charge is 0.508 e. The lowest BCUT2D eigenvalue weighted by Crippen LogP contribution is -2.43. The average Bonchev–Trinajstić information content (AvgIpc) is 2.24. The van der Waals surface area contributed by atoms with Gasteiger partial charge in [0.15, 0.2) is 0 Å². The molecule has 1 aromatic rings. The quantitative estimate of drug-likeness (QED) is 0.870. The number of hydrogen-bond donors (Lipinski definition) is 2. The van der Waals surface area contributed by atoms with Gasteiger partial charge in [0, 0.05) is 25.3 Å². The highest BCUT2D eigenvalue weighted by molar-refractivity contribution is 5.28. The minimum Gasteiger partial charge on any atom is -0.508 e. The Morgan fingerprint density at radius 1 is 1.44 bits per heavy atom. The van der Waals surface area contributed by atoms with Crippen molar-refractivity contribution in [2.45, 2.75) is 44.9 Å². The molecule has 1 atom stereocenters. The van der Waals surface area contributed by atoms with E-state index in [1.54, 1.807) is 6.07 Å². The predicted octanol–water partition coefficient (Wildman–Crippen LogP) is 2.58. The molecule has 0 spiro atoms. The Morgan fingerprint density at radius 2 is 2.22 bits per heavy atom. The van der Waals surface area contributed by atoms with Gasteiger partial charge in [-0.25, -0.2) is 4.39 Å². The van der Waals surface area contributed by atoms with Gasteiger partial charge in [0.25, 0.3) is 0 Å². The first-order valence-electron chi connectivity index (χ1n) is 6.30. The number of benzene rings is 1. The molecule has 1 heterocycles. The van der Waals surface area contributed by atoms with Crippen LogP contribution in [0.25, 0.3) is 0 Å². The highest BCUT2D eigenvalue weighted by Gasteiger charge is 2.28. The molecule has 4 heteroatoms. The molecule has 0 saturated carbocycles. The molecule has 0 amide bonds. The van der Waals surface area contributed by atoms with Gasteiger partial charge in [-0.1, -0.05) is 0 Å². The smallest absolute Gasteiger partial charge is 0.127 e. The Labute approximate surface area is 107 Å². The Kier molecular flexibility index (Phi) is 3.88. The molecule has 3 nitrogen and oxygen atoms in total. The van der Waals surface area contributed by atoms with Crippen LogP contribution >= 0.6 is 0 Å². The Balaban J connectivity index is 1.91. The van der Waals surface area contributed by atoms with Crippen LogP contribution in [0.3, 0.4) is 0 Å². The van der Waals surface area contributed by atoms with Crippen molar-refractivity contribution in [1.29, 1.82) is 0 Å². The normalized spacial score (nSPS) is 22.9. The topological polar surface area (TPSA) is 41.5 Å². The average molecular weight is 253 g/mol. The van der Waals surface area contributed by atoms with Gasteiger partial charge in [0.2, 0.25) is 0 Å². The Hall–Kier alpha value is -1.13. The van der Waals surface area contributed by atoms with Crippen molar-refractivity contribution < 1.29 is 14.2 Å². The minimum absolute atomic E-state index is 0.0286. The molecular formula is C14H20FNO2. The molecule has 1 fully saturated rings. The van der Waals surface area contributed by atoms with E-state index in [1.807, 2.05) is 0 Å². The molecule has 2 N–H and O–H groups in total. The molecule has 1 aliphatic heterocycles. The SMILES string of the molecule is CC1(C)CC(NCc2cc(O)cc(F)c2)CCO1. The van der Waals surface area contributed by atoms with Gasteiger partial charge >= 0.3 is 0 Å². The maximum atomic E-state index is 13.1. The van der Waals surface area contributed by atoms with Gasteiger partial charge in [-0.3, -0.25) is 0 Å². The van der Waals surface area contributed by atoms with E-state index in [4.69, 9.17) is 4.74 Å². The summed E-state index contributed by atoms with van der Waals surface area (Å²) in [4.78, 5) is 0. The number of hydrogen-bond acceptors (Lipinski definition) is 3. The van der Waals surface area contributed by atoms with Gasteiger partial charge in [0.1, 0.15) is 11.6 Å². The van der Waals surface area contributed by atoms with Crippen LogP contribution in [0.1, 0.15) is 32.3 Å². The van der Waals surface area contributed by atoms with Crippen molar-refractivity contribution in [3.8, 4) is 5.75 Å². The van der Waals surface area contributed by atoms with Crippen LogP contribution in [0.2, 0.25) is 0 Å². The van der Waals surface area contributed by atoms with E-state index >= 15 is 0 Å². The van der Waals surface area contributed by atoms with E-state index in [2.05, 4.69) is 19.2 Å². The summed E-state index contributed by atoms with van der Waals surface area (Å²) in [6.07, 6.45) is 1.90. The molecule has 0 aliphatic carbocycles. The van der Waals surface area contributed by atoms with Gasteiger partial charge in [-0.2, -0.15) is 0 Å². The predicted molar refractivity (Wildman–Crippen MR) is 68.0 cm³/mol. The first-order valence-corrected chi connectivity index (χ1v) is 6.30. The summed E-state index contributed by atoms with van der Waals surface area (Å²) in [5.74, 6) is -0.432. The number of ether oxygens (including phenoxy) is 1. The molecule has 1 aromatic carbocycles. The molecule has 2 rings (SSSR count). The molecule has 100 valence electrons. The van der Waals surface area contributed by atoms with Crippen molar-refractivity contribution >= 4 is 0 Å². The zero-order valence-corrected chi connectivity index (χ0v) is 10.9. The van der Waals surface area contributed by atoms with Crippen molar-refractivity contribution in [2.24, 2.45) is 0 Å². The fourth-order valence-electron chi connectivity index (χ4n) is 2.40. The van der Waals surface area contributed by atoms with Crippen LogP contribution in [0.5, 0.6) is 5.75 Å². The summed E-state index contributed by atoms with van der Waals surface area (Å²) in [5.41, 5.74) is 0.664. The van der Waals surface area contributed by atoms with Crippen molar-refractivity contribution in [2.75, 3.05) is 6.61 Å². The van der Waals surface area contributed by atoms with Crippen LogP contribution in [0, 0.1) is 5.82 Å². The van der Waals surface area contributed by atoms with E-state index in [0.717, 1.165) is 31.1 Å². The van der Waals surface area contributed by atoms with Crippen LogP contribution in [0.4, 0.5) is 4.39 Å². The number of rotatable bonds is 3. The third-order valence-electron chi connectivity index (χ3n) is 3.23. The molecule has 1 aliphatic rings. The minimum atomic E-state index is -0.404. The number of phenols is 1. The molecule has 1 saturated heterocycles. The van der Waals surface area contributed by atoms with E-state index < -0.39 is 5.82 Å². The summed E-state index contributed by atoms with van der Waals surface area (Å²) in [6, 6.07) is 4.51. The van der Waals surface area contributed by atoms with Crippen molar-refractivity contribution in [3.63, 3.8) is 0 Å². The van der Waals surface area contributed by atoms with Crippen LogP contribution in [0.15, 0.2) is 18.2 Å². The van der Waals surface area contributed by atoms with E-state index in [-0.39, 0.29) is 11.4 Å². The van der Waals surface area contributed by atoms with E-state index in [9.17, 15) is 9.50 Å². The summed E-state index contributed by atoms with van der Waals surface area (Å²) in [5, 5.41) is 12.7. The van der Waals surface area contributed by atoms with Gasteiger partial charge < -0.3 is 15.2 Å².